The molecule has 0 spiro atoms. The predicted molar refractivity (Wildman–Crippen MR) is 197 cm³/mol. The van der Waals surface area contributed by atoms with E-state index in [0.29, 0.717) is 85.0 Å². The smallest absolute Gasteiger partial charge is 0.254 e. The fourth-order valence-electron chi connectivity index (χ4n) is 6.96. The molecule has 2 aromatic heterocycles. The quantitative estimate of drug-likeness (QED) is 0.142. The van der Waals surface area contributed by atoms with E-state index in [1.165, 1.54) is 0 Å². The molecular weight excluding hydrogens is 689 g/mol. The van der Waals surface area contributed by atoms with Gasteiger partial charge in [-0.3, -0.25) is 19.4 Å². The molecule has 0 bridgehead atoms. The molecule has 3 aliphatic rings. The topological polar surface area (TPSA) is 138 Å². The average molecular weight is 729 g/mol. The molecule has 3 amide bonds. The van der Waals surface area contributed by atoms with Gasteiger partial charge in [-0.1, -0.05) is 53.5 Å². The van der Waals surface area contributed by atoms with E-state index in [9.17, 15) is 14.4 Å². The summed E-state index contributed by atoms with van der Waals surface area (Å²) in [5.41, 5.74) is 6.75. The highest BCUT2D eigenvalue weighted by Gasteiger charge is 2.28. The molecule has 3 aliphatic heterocycles. The fraction of sp³-hybridized carbons (Fsp3) is 0.342. The van der Waals surface area contributed by atoms with E-state index in [1.54, 1.807) is 13.3 Å². The number of carbonyl (C=O) groups is 3. The van der Waals surface area contributed by atoms with Crippen molar-refractivity contribution in [1.82, 2.24) is 36.1 Å². The standard InChI is InChI=1S/C38H39Cl2N7O4/c1-51-37-23(18-42-20-26-8-12-33(49)45-26)6-10-31(46-37)30-4-2-3-28(34(30)39)29-13-14-43-36(35(29)40)22-5-9-27-24(17-22)21-47(38(27)50)16-15-41-19-25-7-11-32(48)44-25/h2-6,9-10,13-14,17,25-26,41-42H,7-8,11-12,15-16,18-21H2,1H3,(H,44,48)(H,45,49)/t25-,26-/m0/s1. The van der Waals surface area contributed by atoms with E-state index < -0.39 is 0 Å². The maximum atomic E-state index is 13.2. The van der Waals surface area contributed by atoms with Crippen LogP contribution in [-0.2, 0) is 22.7 Å². The van der Waals surface area contributed by atoms with E-state index in [2.05, 4.69) is 26.3 Å². The zero-order valence-electron chi connectivity index (χ0n) is 28.2. The van der Waals surface area contributed by atoms with Gasteiger partial charge in [0.25, 0.3) is 5.91 Å². The van der Waals surface area contributed by atoms with Crippen LogP contribution in [0.15, 0.2) is 60.8 Å². The normalized spacial score (nSPS) is 18.3. The summed E-state index contributed by atoms with van der Waals surface area (Å²) >= 11 is 14.2. The van der Waals surface area contributed by atoms with Crippen LogP contribution < -0.4 is 26.0 Å². The number of nitrogens with zero attached hydrogens (tertiary/aromatic N) is 3. The fourth-order valence-corrected chi connectivity index (χ4v) is 7.61. The molecule has 5 heterocycles. The van der Waals surface area contributed by atoms with Gasteiger partial charge >= 0.3 is 0 Å². The number of ether oxygens (including phenoxy) is 1. The van der Waals surface area contributed by atoms with E-state index in [-0.39, 0.29) is 29.8 Å². The van der Waals surface area contributed by atoms with Gasteiger partial charge in [-0.15, -0.1) is 0 Å². The SMILES string of the molecule is COc1nc(-c2cccc(-c3ccnc(-c4ccc5c(c4)CN(CCNC[C@@H]4CCC(=O)N4)C5=O)c3Cl)c2Cl)ccc1CNC[C@@H]1CCC(=O)N1. The molecule has 0 radical (unpaired) electrons. The second-order valence-electron chi connectivity index (χ2n) is 13.1. The number of amides is 3. The highest BCUT2D eigenvalue weighted by atomic mass is 35.5. The monoisotopic (exact) mass is 727 g/mol. The molecule has 13 heteroatoms. The maximum Gasteiger partial charge on any atom is 0.254 e. The molecule has 4 aromatic rings. The first-order chi connectivity index (χ1) is 24.8. The third-order valence-electron chi connectivity index (χ3n) is 9.67. The Morgan fingerprint density at radius 3 is 2.31 bits per heavy atom. The summed E-state index contributed by atoms with van der Waals surface area (Å²) in [6.07, 6.45) is 4.51. The Morgan fingerprint density at radius 1 is 0.863 bits per heavy atom. The van der Waals surface area contributed by atoms with Crippen molar-refractivity contribution in [2.24, 2.45) is 0 Å². The van der Waals surface area contributed by atoms with Crippen LogP contribution in [0.3, 0.4) is 0 Å². The highest BCUT2D eigenvalue weighted by molar-refractivity contribution is 6.39. The van der Waals surface area contributed by atoms with Gasteiger partial charge in [0.05, 0.1) is 28.5 Å². The minimum absolute atomic E-state index is 0.00229. The Balaban J connectivity index is 1.05. The number of benzene rings is 2. The van der Waals surface area contributed by atoms with E-state index in [4.69, 9.17) is 32.9 Å². The van der Waals surface area contributed by atoms with Crippen molar-refractivity contribution >= 4 is 40.9 Å². The number of rotatable bonds is 13. The lowest BCUT2D eigenvalue weighted by molar-refractivity contribution is -0.120. The van der Waals surface area contributed by atoms with Crippen LogP contribution in [0.4, 0.5) is 0 Å². The second kappa shape index (κ2) is 15.4. The Bertz CT molecular complexity index is 1990. The van der Waals surface area contributed by atoms with E-state index >= 15 is 0 Å². The first-order valence-corrected chi connectivity index (χ1v) is 17.9. The Kier molecular flexibility index (Phi) is 10.5. The number of carbonyl (C=O) groups excluding carboxylic acids is 3. The minimum Gasteiger partial charge on any atom is -0.481 e. The lowest BCUT2D eigenvalue weighted by atomic mass is 9.98. The molecule has 2 saturated heterocycles. The van der Waals surface area contributed by atoms with E-state index in [1.807, 2.05) is 59.5 Å². The summed E-state index contributed by atoms with van der Waals surface area (Å²) in [5, 5.41) is 13.6. The van der Waals surface area contributed by atoms with Crippen LogP contribution in [0, 0.1) is 0 Å². The number of pyridine rings is 2. The van der Waals surface area contributed by atoms with Crippen LogP contribution in [-0.4, -0.2) is 78.0 Å². The van der Waals surface area contributed by atoms with Crippen LogP contribution in [0.25, 0.3) is 33.6 Å². The highest BCUT2D eigenvalue weighted by Crippen LogP contribution is 2.42. The molecule has 0 saturated carbocycles. The summed E-state index contributed by atoms with van der Waals surface area (Å²) in [5.74, 6) is 0.677. The van der Waals surface area contributed by atoms with Crippen molar-refractivity contribution in [3.8, 4) is 39.5 Å². The zero-order valence-corrected chi connectivity index (χ0v) is 29.7. The molecule has 0 unspecified atom stereocenters. The minimum atomic E-state index is -0.00229. The molecule has 4 N–H and O–H groups in total. The zero-order chi connectivity index (χ0) is 35.5. The van der Waals surface area contributed by atoms with Crippen LogP contribution in [0.5, 0.6) is 5.88 Å². The Hall–Kier alpha value is -4.55. The van der Waals surface area contributed by atoms with Crippen molar-refractivity contribution in [3.63, 3.8) is 0 Å². The van der Waals surface area contributed by atoms with Gasteiger partial charge in [0.2, 0.25) is 17.7 Å². The molecular formula is C38H39Cl2N7O4. The van der Waals surface area contributed by atoms with E-state index in [0.717, 1.165) is 46.2 Å². The predicted octanol–water partition coefficient (Wildman–Crippen LogP) is 4.99. The van der Waals surface area contributed by atoms with Crippen LogP contribution >= 0.6 is 23.2 Å². The summed E-state index contributed by atoms with van der Waals surface area (Å²) in [7, 11) is 1.59. The molecule has 264 valence electrons. The van der Waals surface area contributed by atoms with Crippen molar-refractivity contribution in [2.45, 2.75) is 50.9 Å². The van der Waals surface area contributed by atoms with Crippen LogP contribution in [0.2, 0.25) is 10.0 Å². The van der Waals surface area contributed by atoms with Crippen LogP contribution in [0.1, 0.15) is 47.2 Å². The molecule has 0 aliphatic carbocycles. The average Bonchev–Trinajstić information content (AvgIpc) is 3.84. The van der Waals surface area contributed by atoms with Gasteiger partial charge in [0, 0.05) is 104 Å². The molecule has 2 atom stereocenters. The number of aromatic nitrogens is 2. The Morgan fingerprint density at radius 2 is 1.59 bits per heavy atom. The summed E-state index contributed by atoms with van der Waals surface area (Å²) < 4.78 is 5.64. The largest absolute Gasteiger partial charge is 0.481 e. The molecule has 2 aromatic carbocycles. The number of halogens is 2. The lowest BCUT2D eigenvalue weighted by Gasteiger charge is -2.17. The van der Waals surface area contributed by atoms with Gasteiger partial charge in [0.15, 0.2) is 0 Å². The number of nitrogens with one attached hydrogen (secondary N) is 4. The van der Waals surface area contributed by atoms with Gasteiger partial charge in [-0.2, -0.15) is 0 Å². The molecule has 11 nitrogen and oxygen atoms in total. The van der Waals surface area contributed by atoms with Crippen molar-refractivity contribution in [1.29, 1.82) is 0 Å². The first kappa shape index (κ1) is 34.9. The van der Waals surface area contributed by atoms with Gasteiger partial charge < -0.3 is 30.9 Å². The number of fused-ring (bicyclic) bond motifs is 1. The molecule has 2 fully saturated rings. The second-order valence-corrected chi connectivity index (χ2v) is 13.8. The molecule has 7 rings (SSSR count). The Labute approximate surface area is 306 Å². The van der Waals surface area contributed by atoms with Crippen molar-refractivity contribution in [2.75, 3.05) is 33.3 Å². The van der Waals surface area contributed by atoms with Gasteiger partial charge in [0.1, 0.15) is 0 Å². The first-order valence-electron chi connectivity index (χ1n) is 17.2. The summed E-state index contributed by atoms with van der Waals surface area (Å²) in [6, 6.07) is 17.5. The summed E-state index contributed by atoms with van der Waals surface area (Å²) in [4.78, 5) is 47.4. The maximum absolute atomic E-state index is 13.2. The van der Waals surface area contributed by atoms with Crippen molar-refractivity contribution < 1.29 is 19.1 Å². The third-order valence-corrected chi connectivity index (χ3v) is 10.5. The number of methoxy groups -OCH3 is 1. The summed E-state index contributed by atoms with van der Waals surface area (Å²) in [6.45, 7) is 3.61. The van der Waals surface area contributed by atoms with Gasteiger partial charge in [-0.25, -0.2) is 4.98 Å². The molecule has 51 heavy (non-hydrogen) atoms. The third kappa shape index (κ3) is 7.57. The van der Waals surface area contributed by atoms with Gasteiger partial charge in [-0.05, 0) is 42.7 Å². The van der Waals surface area contributed by atoms with Crippen molar-refractivity contribution in [3.05, 3.63) is 87.5 Å². The number of hydrogen-bond donors (Lipinski definition) is 4. The lowest BCUT2D eigenvalue weighted by Crippen LogP contribution is -2.39. The number of hydrogen-bond acceptors (Lipinski definition) is 8.